The lowest BCUT2D eigenvalue weighted by atomic mass is 10.2. The summed E-state index contributed by atoms with van der Waals surface area (Å²) in [5, 5.41) is 3.87. The summed E-state index contributed by atoms with van der Waals surface area (Å²) in [4.78, 5) is 12.9. The minimum Gasteiger partial charge on any atom is -0.366 e. The summed E-state index contributed by atoms with van der Waals surface area (Å²) in [6, 6.07) is 1.53. The van der Waals surface area contributed by atoms with E-state index in [9.17, 15) is 13.6 Å². The van der Waals surface area contributed by atoms with E-state index in [1.807, 2.05) is 0 Å². The summed E-state index contributed by atoms with van der Waals surface area (Å²) >= 11 is 0. The molecule has 0 unspecified atom stereocenters. The Morgan fingerprint density at radius 1 is 1.53 bits per heavy atom. The number of halogens is 2. The van der Waals surface area contributed by atoms with Crippen LogP contribution < -0.4 is 10.6 Å². The topological polar surface area (TPSA) is 63.6 Å². The Morgan fingerprint density at radius 3 is 2.95 bits per heavy atom. The molecule has 0 radical (unpaired) electrons. The number of fused-ring (bicyclic) bond motifs is 1. The van der Waals surface area contributed by atoms with Gasteiger partial charge in [-0.3, -0.25) is 4.79 Å². The van der Waals surface area contributed by atoms with Crippen LogP contribution in [0.1, 0.15) is 16.8 Å². The van der Waals surface area contributed by atoms with Gasteiger partial charge in [0.25, 0.3) is 5.91 Å². The van der Waals surface area contributed by atoms with Gasteiger partial charge < -0.3 is 10.6 Å². The van der Waals surface area contributed by atoms with Gasteiger partial charge >= 0.3 is 0 Å². The Morgan fingerprint density at radius 2 is 2.32 bits per heavy atom. The number of nitrogens with zero attached hydrogens (tertiary/aromatic N) is 3. The van der Waals surface area contributed by atoms with Gasteiger partial charge in [-0.25, -0.2) is 13.3 Å². The Balaban J connectivity index is 2.14. The second-order valence-corrected chi connectivity index (χ2v) is 4.56. The highest BCUT2D eigenvalue weighted by Crippen LogP contribution is 2.28. The van der Waals surface area contributed by atoms with E-state index in [4.69, 9.17) is 5.73 Å². The zero-order valence-corrected chi connectivity index (χ0v) is 10.0. The molecule has 5 nitrogen and oxygen atoms in total. The molecule has 1 saturated heterocycles. The van der Waals surface area contributed by atoms with Crippen LogP contribution in [0.2, 0.25) is 0 Å². The molecule has 7 heteroatoms. The van der Waals surface area contributed by atoms with Crippen molar-refractivity contribution in [2.45, 2.75) is 12.6 Å². The molecule has 1 fully saturated rings. The third kappa shape index (κ3) is 1.81. The van der Waals surface area contributed by atoms with Crippen LogP contribution in [0.5, 0.6) is 0 Å². The van der Waals surface area contributed by atoms with Crippen molar-refractivity contribution < 1.29 is 13.6 Å². The predicted octanol–water partition coefficient (Wildman–Crippen LogP) is 1.12. The van der Waals surface area contributed by atoms with Gasteiger partial charge in [0.15, 0.2) is 5.82 Å². The summed E-state index contributed by atoms with van der Waals surface area (Å²) in [5.74, 6) is -1.33. The molecular formula is C12H12F2N4O. The minimum absolute atomic E-state index is 0.0235. The molecule has 1 atom stereocenters. The second kappa shape index (κ2) is 4.18. The Hall–Kier alpha value is -2.18. The number of hydrogen-bond donors (Lipinski definition) is 1. The third-order valence-electron chi connectivity index (χ3n) is 3.34. The van der Waals surface area contributed by atoms with Crippen LogP contribution in [-0.4, -0.2) is 34.8 Å². The smallest absolute Gasteiger partial charge is 0.252 e. The maximum Gasteiger partial charge on any atom is 0.252 e. The van der Waals surface area contributed by atoms with Crippen molar-refractivity contribution in [3.05, 3.63) is 29.8 Å². The Bertz CT molecular complexity index is 654. The number of amides is 1. The fourth-order valence-corrected chi connectivity index (χ4v) is 2.39. The number of carbonyl (C=O) groups excluding carboxylic acids is 1. The van der Waals surface area contributed by atoms with Crippen molar-refractivity contribution in [3.63, 3.8) is 0 Å². The fourth-order valence-electron chi connectivity index (χ4n) is 2.39. The third-order valence-corrected chi connectivity index (χ3v) is 3.34. The summed E-state index contributed by atoms with van der Waals surface area (Å²) < 4.78 is 28.9. The second-order valence-electron chi connectivity index (χ2n) is 4.56. The molecule has 1 amide bonds. The molecule has 1 aliphatic rings. The summed E-state index contributed by atoms with van der Waals surface area (Å²) in [6.07, 6.45) is 2.20. The van der Waals surface area contributed by atoms with E-state index in [1.54, 1.807) is 4.90 Å². The number of primary amides is 1. The minimum atomic E-state index is -0.948. The molecule has 2 aromatic rings. The SMILES string of the molecule is NC(=O)c1cnn2ccc(N3CC[C@H](F)C3)c(F)c12. The molecule has 19 heavy (non-hydrogen) atoms. The van der Waals surface area contributed by atoms with Crippen LogP contribution >= 0.6 is 0 Å². The normalized spacial score (nSPS) is 19.3. The van der Waals surface area contributed by atoms with Gasteiger partial charge in [0.2, 0.25) is 0 Å². The average molecular weight is 266 g/mol. The number of nitrogens with two attached hydrogens (primary N) is 1. The summed E-state index contributed by atoms with van der Waals surface area (Å²) in [5.41, 5.74) is 5.52. The van der Waals surface area contributed by atoms with E-state index in [2.05, 4.69) is 5.10 Å². The lowest BCUT2D eigenvalue weighted by Crippen LogP contribution is -2.22. The highest BCUT2D eigenvalue weighted by atomic mass is 19.1. The zero-order valence-electron chi connectivity index (χ0n) is 10.0. The Kier molecular flexibility index (Phi) is 2.62. The molecule has 0 saturated carbocycles. The van der Waals surface area contributed by atoms with Crippen molar-refractivity contribution in [3.8, 4) is 0 Å². The fraction of sp³-hybridized carbons (Fsp3) is 0.333. The molecule has 0 spiro atoms. The maximum atomic E-state index is 14.5. The van der Waals surface area contributed by atoms with Crippen molar-refractivity contribution in [1.29, 1.82) is 0 Å². The first-order chi connectivity index (χ1) is 9.08. The van der Waals surface area contributed by atoms with Crippen molar-refractivity contribution in [1.82, 2.24) is 9.61 Å². The van der Waals surface area contributed by atoms with E-state index in [-0.39, 0.29) is 23.3 Å². The van der Waals surface area contributed by atoms with Gasteiger partial charge in [0, 0.05) is 19.3 Å². The summed E-state index contributed by atoms with van der Waals surface area (Å²) in [6.45, 7) is 0.613. The maximum absolute atomic E-state index is 14.5. The van der Waals surface area contributed by atoms with Crippen molar-refractivity contribution >= 4 is 17.1 Å². The van der Waals surface area contributed by atoms with Crippen LogP contribution in [0, 0.1) is 5.82 Å². The first-order valence-electron chi connectivity index (χ1n) is 5.92. The van der Waals surface area contributed by atoms with Crippen LogP contribution in [0.4, 0.5) is 14.5 Å². The highest BCUT2D eigenvalue weighted by Gasteiger charge is 2.26. The quantitative estimate of drug-likeness (QED) is 0.886. The first kappa shape index (κ1) is 11.9. The predicted molar refractivity (Wildman–Crippen MR) is 65.4 cm³/mol. The van der Waals surface area contributed by atoms with Gasteiger partial charge in [-0.2, -0.15) is 5.10 Å². The summed E-state index contributed by atoms with van der Waals surface area (Å²) in [7, 11) is 0. The van der Waals surface area contributed by atoms with Gasteiger partial charge in [0.05, 0.1) is 17.4 Å². The van der Waals surface area contributed by atoms with Crippen LogP contribution in [-0.2, 0) is 0 Å². The van der Waals surface area contributed by atoms with E-state index in [0.29, 0.717) is 13.0 Å². The first-order valence-corrected chi connectivity index (χ1v) is 5.92. The number of carbonyl (C=O) groups is 1. The van der Waals surface area contributed by atoms with Crippen LogP contribution in [0.25, 0.3) is 5.52 Å². The monoisotopic (exact) mass is 266 g/mol. The highest BCUT2D eigenvalue weighted by molar-refractivity contribution is 6.00. The van der Waals surface area contributed by atoms with Gasteiger partial charge in [-0.05, 0) is 12.5 Å². The van der Waals surface area contributed by atoms with Crippen LogP contribution in [0.15, 0.2) is 18.5 Å². The molecule has 2 N–H and O–H groups in total. The van der Waals surface area contributed by atoms with E-state index >= 15 is 0 Å². The molecule has 3 heterocycles. The van der Waals surface area contributed by atoms with E-state index < -0.39 is 17.9 Å². The number of hydrogen-bond acceptors (Lipinski definition) is 3. The standard InChI is InChI=1S/C12H12F2N4O/c13-7-1-3-17(6-7)9-2-4-18-11(10(9)14)8(5-16-18)12(15)19/h2,4-5,7H,1,3,6H2,(H2,15,19)/t7-/m0/s1. The van der Waals surface area contributed by atoms with Gasteiger partial charge in [0.1, 0.15) is 11.7 Å². The molecule has 2 aromatic heterocycles. The van der Waals surface area contributed by atoms with Gasteiger partial charge in [-0.15, -0.1) is 0 Å². The molecular weight excluding hydrogens is 254 g/mol. The van der Waals surface area contributed by atoms with Gasteiger partial charge in [-0.1, -0.05) is 0 Å². The number of anilines is 1. The van der Waals surface area contributed by atoms with Crippen molar-refractivity contribution in [2.24, 2.45) is 5.73 Å². The molecule has 100 valence electrons. The number of rotatable bonds is 2. The van der Waals surface area contributed by atoms with Crippen LogP contribution in [0.3, 0.4) is 0 Å². The van der Waals surface area contributed by atoms with Crippen molar-refractivity contribution in [2.75, 3.05) is 18.0 Å². The van der Waals surface area contributed by atoms with E-state index in [0.717, 1.165) is 0 Å². The number of aromatic nitrogens is 2. The molecule has 0 aliphatic carbocycles. The number of alkyl halides is 1. The lowest BCUT2D eigenvalue weighted by Gasteiger charge is -2.18. The largest absolute Gasteiger partial charge is 0.366 e. The Labute approximate surface area is 107 Å². The molecule has 0 bridgehead atoms. The molecule has 3 rings (SSSR count). The average Bonchev–Trinajstić information content (AvgIpc) is 2.96. The molecule has 1 aliphatic heterocycles. The number of pyridine rings is 1. The molecule has 0 aromatic carbocycles. The van der Waals surface area contributed by atoms with E-state index in [1.165, 1.54) is 23.0 Å². The lowest BCUT2D eigenvalue weighted by molar-refractivity contribution is 0.100. The zero-order chi connectivity index (χ0) is 13.6.